The maximum atomic E-state index is 2.40. The van der Waals surface area contributed by atoms with Crippen molar-refractivity contribution in [3.8, 4) is 11.1 Å². The van der Waals surface area contributed by atoms with E-state index in [2.05, 4.69) is 99.6 Å². The number of hydrogen-bond acceptors (Lipinski definition) is 0. The maximum Gasteiger partial charge on any atom is -0.00268 e. The van der Waals surface area contributed by atoms with Crippen LogP contribution >= 0.6 is 0 Å². The lowest BCUT2D eigenvalue weighted by Gasteiger charge is -2.29. The molecule has 4 rings (SSSR count). The number of rotatable bonds is 5. The van der Waals surface area contributed by atoms with Gasteiger partial charge in [-0.3, -0.25) is 0 Å². The van der Waals surface area contributed by atoms with Crippen molar-refractivity contribution in [3.05, 3.63) is 84.4 Å². The van der Waals surface area contributed by atoms with Crippen LogP contribution in [0.4, 0.5) is 0 Å². The number of benzene rings is 4. The first kappa shape index (κ1) is 17.8. The van der Waals surface area contributed by atoms with E-state index in [0.717, 1.165) is 0 Å². The summed E-state index contributed by atoms with van der Waals surface area (Å²) in [5.41, 5.74) is 4.39. The fourth-order valence-electron chi connectivity index (χ4n) is 4.44. The van der Waals surface area contributed by atoms with Gasteiger partial charge in [-0.05, 0) is 62.6 Å². The first-order chi connectivity index (χ1) is 13.2. The van der Waals surface area contributed by atoms with Crippen molar-refractivity contribution >= 4 is 21.5 Å². The summed E-state index contributed by atoms with van der Waals surface area (Å²) < 4.78 is 0. The van der Waals surface area contributed by atoms with Crippen LogP contribution in [0.1, 0.15) is 45.6 Å². The van der Waals surface area contributed by atoms with Crippen molar-refractivity contribution in [1.29, 1.82) is 0 Å². The van der Waals surface area contributed by atoms with Gasteiger partial charge < -0.3 is 0 Å². The Bertz CT molecular complexity index is 1020. The summed E-state index contributed by atoms with van der Waals surface area (Å²) >= 11 is 0. The topological polar surface area (TPSA) is 0 Å². The van der Waals surface area contributed by atoms with Gasteiger partial charge in [-0.15, -0.1) is 0 Å². The fraction of sp³-hybridized carbons (Fsp3) is 0.259. The molecule has 0 N–H and O–H groups in total. The van der Waals surface area contributed by atoms with Gasteiger partial charge in [-0.25, -0.2) is 0 Å². The Balaban J connectivity index is 1.91. The summed E-state index contributed by atoms with van der Waals surface area (Å²) in [6.45, 7) is 6.99. The molecule has 0 fully saturated rings. The second-order valence-electron chi connectivity index (χ2n) is 7.94. The van der Waals surface area contributed by atoms with Gasteiger partial charge in [0.05, 0.1) is 0 Å². The Morgan fingerprint density at radius 2 is 1.26 bits per heavy atom. The zero-order valence-corrected chi connectivity index (χ0v) is 16.6. The van der Waals surface area contributed by atoms with E-state index in [-0.39, 0.29) is 5.41 Å². The van der Waals surface area contributed by atoms with E-state index in [1.807, 2.05) is 0 Å². The maximum absolute atomic E-state index is 2.40. The summed E-state index contributed by atoms with van der Waals surface area (Å²) in [6, 6.07) is 29.1. The third-order valence-corrected chi connectivity index (χ3v) is 6.22. The molecule has 4 aromatic carbocycles. The van der Waals surface area contributed by atoms with Crippen LogP contribution in [0.2, 0.25) is 0 Å². The normalized spacial score (nSPS) is 13.7. The Hall–Kier alpha value is -2.60. The zero-order chi connectivity index (χ0) is 18.9. The van der Waals surface area contributed by atoms with Crippen LogP contribution in [0.3, 0.4) is 0 Å². The summed E-state index contributed by atoms with van der Waals surface area (Å²) in [5, 5.41) is 5.27. The van der Waals surface area contributed by atoms with Crippen molar-refractivity contribution in [1.82, 2.24) is 0 Å². The van der Waals surface area contributed by atoms with E-state index in [9.17, 15) is 0 Å². The van der Waals surface area contributed by atoms with Crippen LogP contribution in [0.5, 0.6) is 0 Å². The average Bonchev–Trinajstić information content (AvgIpc) is 2.72. The molecular weight excluding hydrogens is 324 g/mol. The van der Waals surface area contributed by atoms with Crippen LogP contribution in [0.15, 0.2) is 78.9 Å². The minimum atomic E-state index is 0.272. The molecule has 0 aliphatic rings. The quantitative estimate of drug-likeness (QED) is 0.318. The fourth-order valence-corrected chi connectivity index (χ4v) is 4.44. The molecule has 0 bridgehead atoms. The van der Waals surface area contributed by atoms with Crippen LogP contribution in [-0.4, -0.2) is 0 Å². The van der Waals surface area contributed by atoms with Crippen molar-refractivity contribution in [2.45, 2.75) is 45.4 Å². The van der Waals surface area contributed by atoms with Crippen molar-refractivity contribution in [3.63, 3.8) is 0 Å². The molecule has 0 aromatic heterocycles. The molecule has 0 aliphatic heterocycles. The van der Waals surface area contributed by atoms with Crippen molar-refractivity contribution in [2.24, 2.45) is 0 Å². The lowest BCUT2D eigenvalue weighted by atomic mass is 9.76. The molecule has 0 aliphatic carbocycles. The zero-order valence-electron chi connectivity index (χ0n) is 16.6. The van der Waals surface area contributed by atoms with E-state index in [1.54, 1.807) is 0 Å². The summed E-state index contributed by atoms with van der Waals surface area (Å²) in [5.74, 6) is 0. The SMILES string of the molecule is CCCC(C)(CC)c1ccc(-c2c3ccccc3cc3ccccc23)cc1. The molecule has 0 heterocycles. The Kier molecular flexibility index (Phi) is 4.74. The van der Waals surface area contributed by atoms with Crippen LogP contribution in [0, 0.1) is 0 Å². The van der Waals surface area contributed by atoms with E-state index >= 15 is 0 Å². The highest BCUT2D eigenvalue weighted by atomic mass is 14.3. The Morgan fingerprint density at radius 1 is 0.704 bits per heavy atom. The van der Waals surface area contributed by atoms with Gasteiger partial charge in [0, 0.05) is 0 Å². The minimum absolute atomic E-state index is 0.272. The van der Waals surface area contributed by atoms with Gasteiger partial charge >= 0.3 is 0 Å². The second kappa shape index (κ2) is 7.19. The molecule has 0 saturated carbocycles. The standard InChI is InChI=1S/C27H28/c1-4-18-27(3,5-2)23-16-14-20(15-17-23)26-24-12-8-6-10-21(24)19-22-11-7-9-13-25(22)26/h6-17,19H,4-5,18H2,1-3H3. The third-order valence-electron chi connectivity index (χ3n) is 6.22. The molecule has 0 amide bonds. The lowest BCUT2D eigenvalue weighted by Crippen LogP contribution is -2.20. The van der Waals surface area contributed by atoms with E-state index in [4.69, 9.17) is 0 Å². The van der Waals surface area contributed by atoms with Crippen LogP contribution < -0.4 is 0 Å². The van der Waals surface area contributed by atoms with Gasteiger partial charge in [0.2, 0.25) is 0 Å². The van der Waals surface area contributed by atoms with E-state index < -0.39 is 0 Å². The largest absolute Gasteiger partial charge is 0.0654 e. The van der Waals surface area contributed by atoms with Crippen molar-refractivity contribution in [2.75, 3.05) is 0 Å². The predicted molar refractivity (Wildman–Crippen MR) is 119 cm³/mol. The van der Waals surface area contributed by atoms with E-state index in [0.29, 0.717) is 0 Å². The molecule has 4 aromatic rings. The second-order valence-corrected chi connectivity index (χ2v) is 7.94. The van der Waals surface area contributed by atoms with Crippen LogP contribution in [-0.2, 0) is 5.41 Å². The summed E-state index contributed by atoms with van der Waals surface area (Å²) in [7, 11) is 0. The molecule has 136 valence electrons. The highest BCUT2D eigenvalue weighted by Crippen LogP contribution is 2.38. The first-order valence-corrected chi connectivity index (χ1v) is 10.2. The molecule has 0 saturated heterocycles. The third kappa shape index (κ3) is 3.14. The molecule has 27 heavy (non-hydrogen) atoms. The predicted octanol–water partition coefficient (Wildman–Crippen LogP) is 8.13. The summed E-state index contributed by atoms with van der Waals surface area (Å²) in [6.07, 6.45) is 3.64. The number of fused-ring (bicyclic) bond motifs is 2. The lowest BCUT2D eigenvalue weighted by molar-refractivity contribution is 0.414. The molecule has 1 atom stereocenters. The van der Waals surface area contributed by atoms with Crippen molar-refractivity contribution < 1.29 is 0 Å². The molecule has 0 heteroatoms. The molecular formula is C27H28. The monoisotopic (exact) mass is 352 g/mol. The minimum Gasteiger partial charge on any atom is -0.0654 e. The molecule has 0 nitrogen and oxygen atoms in total. The van der Waals surface area contributed by atoms with Gasteiger partial charge in [0.1, 0.15) is 0 Å². The van der Waals surface area contributed by atoms with Crippen LogP contribution in [0.25, 0.3) is 32.7 Å². The molecule has 1 unspecified atom stereocenters. The first-order valence-electron chi connectivity index (χ1n) is 10.2. The highest BCUT2D eigenvalue weighted by molar-refractivity contribution is 6.12. The van der Waals surface area contributed by atoms with E-state index in [1.165, 1.54) is 57.5 Å². The van der Waals surface area contributed by atoms with Gasteiger partial charge in [0.25, 0.3) is 0 Å². The highest BCUT2D eigenvalue weighted by Gasteiger charge is 2.23. The molecule has 0 radical (unpaired) electrons. The van der Waals surface area contributed by atoms with Gasteiger partial charge in [0.15, 0.2) is 0 Å². The van der Waals surface area contributed by atoms with Gasteiger partial charge in [-0.1, -0.05) is 100.0 Å². The van der Waals surface area contributed by atoms with Gasteiger partial charge in [-0.2, -0.15) is 0 Å². The average molecular weight is 353 g/mol. The smallest absolute Gasteiger partial charge is 0.00268 e. The molecule has 0 spiro atoms. The Morgan fingerprint density at radius 3 is 1.78 bits per heavy atom. The summed E-state index contributed by atoms with van der Waals surface area (Å²) in [4.78, 5) is 0. The number of hydrogen-bond donors (Lipinski definition) is 0. The Labute approximate surface area is 162 Å².